The van der Waals surface area contributed by atoms with E-state index in [0.29, 0.717) is 24.6 Å². The number of hydrogen-bond donors (Lipinski definition) is 2. The topological polar surface area (TPSA) is 93.4 Å². The van der Waals surface area contributed by atoms with E-state index in [1.165, 1.54) is 6.33 Å². The van der Waals surface area contributed by atoms with Crippen LogP contribution in [0.15, 0.2) is 12.5 Å². The Hall–Kier alpha value is -2.05. The van der Waals surface area contributed by atoms with Gasteiger partial charge >= 0.3 is 6.09 Å². The number of nitrogens with two attached hydrogens (primary N) is 1. The van der Waals surface area contributed by atoms with E-state index in [9.17, 15) is 4.79 Å². The molecule has 1 fully saturated rings. The summed E-state index contributed by atoms with van der Waals surface area (Å²) in [4.78, 5) is 21.6. The first-order valence-corrected chi connectivity index (χ1v) is 6.65. The van der Waals surface area contributed by atoms with Gasteiger partial charge in [-0.25, -0.2) is 14.8 Å². The normalized spacial score (nSPS) is 18.9. The summed E-state index contributed by atoms with van der Waals surface area (Å²) in [5, 5.41) is 3.23. The molecule has 0 bridgehead atoms. The highest BCUT2D eigenvalue weighted by molar-refractivity contribution is 5.69. The number of nitrogens with one attached hydrogen (secondary N) is 1. The summed E-state index contributed by atoms with van der Waals surface area (Å²) in [5.74, 6) is 0.607. The molecule has 1 unspecified atom stereocenters. The highest BCUT2D eigenvalue weighted by Crippen LogP contribution is 2.20. The zero-order valence-corrected chi connectivity index (χ0v) is 12.1. The van der Waals surface area contributed by atoms with Gasteiger partial charge < -0.3 is 20.7 Å². The molecule has 110 valence electrons. The fourth-order valence-corrected chi connectivity index (χ4v) is 2.02. The number of anilines is 2. The highest BCUT2D eigenvalue weighted by atomic mass is 16.6. The van der Waals surface area contributed by atoms with Gasteiger partial charge in [-0.3, -0.25) is 0 Å². The van der Waals surface area contributed by atoms with Crippen molar-refractivity contribution in [1.29, 1.82) is 0 Å². The average molecular weight is 279 g/mol. The van der Waals surface area contributed by atoms with E-state index >= 15 is 0 Å². The van der Waals surface area contributed by atoms with E-state index in [0.717, 1.165) is 6.42 Å². The van der Waals surface area contributed by atoms with Gasteiger partial charge in [0.1, 0.15) is 11.9 Å². The molecule has 1 atom stereocenters. The van der Waals surface area contributed by atoms with Crippen LogP contribution in [0, 0.1) is 0 Å². The number of nitrogen functional groups attached to an aromatic ring is 1. The molecule has 20 heavy (non-hydrogen) atoms. The van der Waals surface area contributed by atoms with Crippen LogP contribution in [-0.4, -0.2) is 45.7 Å². The molecule has 1 aliphatic heterocycles. The zero-order chi connectivity index (χ0) is 14.8. The van der Waals surface area contributed by atoms with Crippen LogP contribution in [0.1, 0.15) is 27.2 Å². The Morgan fingerprint density at radius 1 is 1.55 bits per heavy atom. The maximum absolute atomic E-state index is 12.0. The second-order valence-corrected chi connectivity index (χ2v) is 5.88. The van der Waals surface area contributed by atoms with E-state index < -0.39 is 5.60 Å². The van der Waals surface area contributed by atoms with Crippen molar-refractivity contribution in [3.63, 3.8) is 0 Å². The Morgan fingerprint density at radius 2 is 2.30 bits per heavy atom. The van der Waals surface area contributed by atoms with Gasteiger partial charge in [0.2, 0.25) is 0 Å². The minimum atomic E-state index is -0.473. The molecule has 7 heteroatoms. The minimum absolute atomic E-state index is 0.125. The van der Waals surface area contributed by atoms with Gasteiger partial charge in [-0.05, 0) is 27.2 Å². The number of aromatic nitrogens is 2. The molecule has 1 aromatic heterocycles. The maximum Gasteiger partial charge on any atom is 0.410 e. The maximum atomic E-state index is 12.0. The molecule has 1 amide bonds. The molecule has 2 heterocycles. The summed E-state index contributed by atoms with van der Waals surface area (Å²) in [7, 11) is 0. The number of likely N-dealkylation sites (tertiary alicyclic amines) is 1. The summed E-state index contributed by atoms with van der Waals surface area (Å²) in [6.07, 6.45) is 3.55. The van der Waals surface area contributed by atoms with Crippen molar-refractivity contribution in [3.05, 3.63) is 12.5 Å². The third-order valence-electron chi connectivity index (χ3n) is 2.92. The Balaban J connectivity index is 1.90. The molecule has 0 aliphatic carbocycles. The molecule has 1 saturated heterocycles. The average Bonchev–Trinajstić information content (AvgIpc) is 2.79. The zero-order valence-electron chi connectivity index (χ0n) is 12.1. The van der Waals surface area contributed by atoms with Crippen LogP contribution < -0.4 is 11.1 Å². The first-order chi connectivity index (χ1) is 9.35. The third kappa shape index (κ3) is 3.72. The molecule has 2 rings (SSSR count). The molecule has 3 N–H and O–H groups in total. The van der Waals surface area contributed by atoms with Gasteiger partial charge in [0.05, 0.1) is 11.9 Å². The molecule has 1 aliphatic rings. The second-order valence-electron chi connectivity index (χ2n) is 5.88. The van der Waals surface area contributed by atoms with Gasteiger partial charge in [0, 0.05) is 19.1 Å². The Kier molecular flexibility index (Phi) is 3.96. The molecule has 0 spiro atoms. The molecule has 0 radical (unpaired) electrons. The quantitative estimate of drug-likeness (QED) is 0.851. The fraction of sp³-hybridized carbons (Fsp3) is 0.615. The van der Waals surface area contributed by atoms with Crippen molar-refractivity contribution in [3.8, 4) is 0 Å². The lowest BCUT2D eigenvalue weighted by atomic mass is 10.2. The third-order valence-corrected chi connectivity index (χ3v) is 2.92. The lowest BCUT2D eigenvalue weighted by Crippen LogP contribution is -2.36. The summed E-state index contributed by atoms with van der Waals surface area (Å²) in [6, 6.07) is 0.125. The largest absolute Gasteiger partial charge is 0.444 e. The predicted octanol–water partition coefficient (Wildman–Crippen LogP) is 1.48. The number of hydrogen-bond acceptors (Lipinski definition) is 6. The Bertz CT molecular complexity index is 486. The molecular formula is C13H21N5O2. The van der Waals surface area contributed by atoms with Gasteiger partial charge in [-0.1, -0.05) is 0 Å². The smallest absolute Gasteiger partial charge is 0.410 e. The first-order valence-electron chi connectivity index (χ1n) is 6.65. The van der Waals surface area contributed by atoms with Crippen LogP contribution >= 0.6 is 0 Å². The van der Waals surface area contributed by atoms with Crippen molar-refractivity contribution in [2.45, 2.75) is 38.8 Å². The standard InChI is InChI=1S/C13H21N5O2/c1-13(2,3)20-12(19)18-5-4-9(7-18)17-11-10(14)6-15-8-16-11/h6,8-9H,4-5,7,14H2,1-3H3,(H,15,16,17). The molecule has 7 nitrogen and oxygen atoms in total. The molecule has 1 aromatic rings. The summed E-state index contributed by atoms with van der Waals surface area (Å²) in [6.45, 7) is 6.82. The fourth-order valence-electron chi connectivity index (χ4n) is 2.02. The number of rotatable bonds is 2. The van der Waals surface area contributed by atoms with Gasteiger partial charge in [0.15, 0.2) is 5.82 Å². The van der Waals surface area contributed by atoms with Gasteiger partial charge in [-0.15, -0.1) is 0 Å². The number of nitrogens with zero attached hydrogens (tertiary/aromatic N) is 3. The monoisotopic (exact) mass is 279 g/mol. The second kappa shape index (κ2) is 5.52. The number of amides is 1. The number of carbonyl (C=O) groups excluding carboxylic acids is 1. The Morgan fingerprint density at radius 3 is 2.95 bits per heavy atom. The van der Waals surface area contributed by atoms with E-state index in [1.807, 2.05) is 20.8 Å². The van der Waals surface area contributed by atoms with Crippen LogP contribution in [0.5, 0.6) is 0 Å². The number of carbonyl (C=O) groups is 1. The van der Waals surface area contributed by atoms with Crippen molar-refractivity contribution >= 4 is 17.6 Å². The van der Waals surface area contributed by atoms with Crippen LogP contribution in [0.2, 0.25) is 0 Å². The van der Waals surface area contributed by atoms with Gasteiger partial charge in [-0.2, -0.15) is 0 Å². The number of ether oxygens (including phenoxy) is 1. The molecule has 0 saturated carbocycles. The summed E-state index contributed by atoms with van der Waals surface area (Å²) >= 11 is 0. The first kappa shape index (κ1) is 14.4. The van der Waals surface area contributed by atoms with Crippen LogP contribution in [-0.2, 0) is 4.74 Å². The summed E-state index contributed by atoms with van der Waals surface area (Å²) in [5.41, 5.74) is 5.81. The Labute approximate surface area is 118 Å². The van der Waals surface area contributed by atoms with Crippen molar-refractivity contribution in [2.75, 3.05) is 24.1 Å². The lowest BCUT2D eigenvalue weighted by Gasteiger charge is -2.24. The van der Waals surface area contributed by atoms with Crippen molar-refractivity contribution < 1.29 is 9.53 Å². The minimum Gasteiger partial charge on any atom is -0.444 e. The molecular weight excluding hydrogens is 258 g/mol. The van der Waals surface area contributed by atoms with Crippen molar-refractivity contribution in [1.82, 2.24) is 14.9 Å². The highest BCUT2D eigenvalue weighted by Gasteiger charge is 2.30. The SMILES string of the molecule is CC(C)(C)OC(=O)N1CCC(Nc2ncncc2N)C1. The van der Waals surface area contributed by atoms with Crippen LogP contribution in [0.3, 0.4) is 0 Å². The van der Waals surface area contributed by atoms with E-state index in [-0.39, 0.29) is 12.1 Å². The van der Waals surface area contributed by atoms with Crippen LogP contribution in [0.25, 0.3) is 0 Å². The van der Waals surface area contributed by atoms with E-state index in [2.05, 4.69) is 15.3 Å². The van der Waals surface area contributed by atoms with E-state index in [4.69, 9.17) is 10.5 Å². The van der Waals surface area contributed by atoms with Crippen molar-refractivity contribution in [2.24, 2.45) is 0 Å². The van der Waals surface area contributed by atoms with Crippen LogP contribution in [0.4, 0.5) is 16.3 Å². The van der Waals surface area contributed by atoms with E-state index in [1.54, 1.807) is 11.1 Å². The lowest BCUT2D eigenvalue weighted by molar-refractivity contribution is 0.0293. The summed E-state index contributed by atoms with van der Waals surface area (Å²) < 4.78 is 5.35. The predicted molar refractivity (Wildman–Crippen MR) is 76.3 cm³/mol. The van der Waals surface area contributed by atoms with Gasteiger partial charge in [0.25, 0.3) is 0 Å². The molecule has 0 aromatic carbocycles.